The van der Waals surface area contributed by atoms with Gasteiger partial charge in [-0.1, -0.05) is 6.07 Å². The molecule has 0 saturated carbocycles. The highest BCUT2D eigenvalue weighted by atomic mass is 16.5. The van der Waals surface area contributed by atoms with Crippen LogP contribution >= 0.6 is 0 Å². The number of rotatable bonds is 7. The summed E-state index contributed by atoms with van der Waals surface area (Å²) < 4.78 is 4.97. The molecule has 0 aliphatic carbocycles. The summed E-state index contributed by atoms with van der Waals surface area (Å²) in [5, 5.41) is 8.66. The summed E-state index contributed by atoms with van der Waals surface area (Å²) in [5.41, 5.74) is 2.17. The minimum atomic E-state index is -1.01. The Hall–Kier alpha value is -2.14. The van der Waals surface area contributed by atoms with Gasteiger partial charge in [-0.05, 0) is 42.7 Å². The average Bonchev–Trinajstić information content (AvgIpc) is 2.44. The molecule has 0 spiro atoms. The number of amides is 1. The Kier molecular flexibility index (Phi) is 6.62. The van der Waals surface area contributed by atoms with Gasteiger partial charge in [0.05, 0.1) is 0 Å². The summed E-state index contributed by atoms with van der Waals surface area (Å²) in [4.78, 5) is 24.5. The van der Waals surface area contributed by atoms with Crippen molar-refractivity contribution in [3.63, 3.8) is 0 Å². The third-order valence-electron chi connectivity index (χ3n) is 2.95. The smallest absolute Gasteiger partial charge is 0.328 e. The quantitative estimate of drug-likeness (QED) is 0.618. The Balaban J connectivity index is 2.86. The molecule has 0 bridgehead atoms. The van der Waals surface area contributed by atoms with Crippen molar-refractivity contribution in [1.82, 2.24) is 4.90 Å². The van der Waals surface area contributed by atoms with E-state index in [0.29, 0.717) is 24.3 Å². The summed E-state index contributed by atoms with van der Waals surface area (Å²) in [5.74, 6) is -1.10. The van der Waals surface area contributed by atoms with Gasteiger partial charge in [-0.15, -0.1) is 0 Å². The van der Waals surface area contributed by atoms with E-state index < -0.39 is 5.97 Å². The average molecular weight is 291 g/mol. The normalized spacial score (nSPS) is 10.8. The lowest BCUT2D eigenvalue weighted by atomic mass is 10.0. The molecule has 5 heteroatoms. The van der Waals surface area contributed by atoms with Crippen molar-refractivity contribution in [3.05, 3.63) is 41.0 Å². The van der Waals surface area contributed by atoms with E-state index in [1.54, 1.807) is 31.2 Å². The summed E-state index contributed by atoms with van der Waals surface area (Å²) in [6, 6.07) is 5.33. The fourth-order valence-electron chi connectivity index (χ4n) is 1.97. The van der Waals surface area contributed by atoms with Crippen LogP contribution in [0.15, 0.2) is 24.3 Å². The lowest BCUT2D eigenvalue weighted by molar-refractivity contribution is -0.131. The Morgan fingerprint density at radius 2 is 2.05 bits per heavy atom. The molecule has 0 aliphatic heterocycles. The van der Waals surface area contributed by atoms with Crippen molar-refractivity contribution in [2.75, 3.05) is 27.3 Å². The Labute approximate surface area is 124 Å². The van der Waals surface area contributed by atoms with E-state index in [1.165, 1.54) is 6.08 Å². The van der Waals surface area contributed by atoms with E-state index >= 15 is 0 Å². The zero-order valence-electron chi connectivity index (χ0n) is 12.6. The molecule has 0 radical (unpaired) electrons. The first-order chi connectivity index (χ1) is 9.93. The molecule has 1 amide bonds. The van der Waals surface area contributed by atoms with Crippen LogP contribution in [0.25, 0.3) is 6.08 Å². The van der Waals surface area contributed by atoms with Gasteiger partial charge in [0.15, 0.2) is 0 Å². The molecule has 0 aliphatic rings. The van der Waals surface area contributed by atoms with Crippen LogP contribution in [0, 0.1) is 6.92 Å². The Bertz CT molecular complexity index is 537. The molecule has 114 valence electrons. The lowest BCUT2D eigenvalue weighted by Gasteiger charge is -2.17. The zero-order valence-corrected chi connectivity index (χ0v) is 12.6. The number of hydrogen-bond donors (Lipinski definition) is 1. The largest absolute Gasteiger partial charge is 0.478 e. The number of ether oxygens (including phenoxy) is 1. The molecule has 0 saturated heterocycles. The first-order valence-corrected chi connectivity index (χ1v) is 6.71. The number of carboxylic acid groups (broad SMARTS) is 1. The van der Waals surface area contributed by atoms with Gasteiger partial charge in [0, 0.05) is 38.9 Å². The van der Waals surface area contributed by atoms with Crippen LogP contribution in [0.2, 0.25) is 0 Å². The maximum Gasteiger partial charge on any atom is 0.328 e. The number of aryl methyl sites for hydroxylation is 1. The molecule has 0 atom stereocenters. The van der Waals surface area contributed by atoms with Gasteiger partial charge < -0.3 is 14.7 Å². The molecule has 0 aromatic heterocycles. The second kappa shape index (κ2) is 8.21. The SMILES string of the molecule is COCCCN(C)C(=O)c1cc(C)cc(/C=C/C(=O)O)c1. The van der Waals surface area contributed by atoms with E-state index in [1.807, 2.05) is 13.0 Å². The van der Waals surface area contributed by atoms with Crippen LogP contribution in [0.4, 0.5) is 0 Å². The molecule has 1 aromatic rings. The second-order valence-corrected chi connectivity index (χ2v) is 4.88. The van der Waals surface area contributed by atoms with Crippen molar-refractivity contribution in [2.24, 2.45) is 0 Å². The topological polar surface area (TPSA) is 66.8 Å². The van der Waals surface area contributed by atoms with Crippen LogP contribution in [0.1, 0.15) is 27.9 Å². The summed E-state index contributed by atoms with van der Waals surface area (Å²) in [6.45, 7) is 3.10. The van der Waals surface area contributed by atoms with Gasteiger partial charge >= 0.3 is 5.97 Å². The first kappa shape index (κ1) is 16.9. The highest BCUT2D eigenvalue weighted by molar-refractivity contribution is 5.95. The summed E-state index contributed by atoms with van der Waals surface area (Å²) in [6.07, 6.45) is 3.32. The van der Waals surface area contributed by atoms with Crippen LogP contribution < -0.4 is 0 Å². The maximum atomic E-state index is 12.3. The van der Waals surface area contributed by atoms with Crippen LogP contribution in [-0.2, 0) is 9.53 Å². The number of carbonyl (C=O) groups is 2. The first-order valence-electron chi connectivity index (χ1n) is 6.71. The molecule has 0 fully saturated rings. The van der Waals surface area contributed by atoms with E-state index in [0.717, 1.165) is 18.1 Å². The third-order valence-corrected chi connectivity index (χ3v) is 2.95. The predicted octanol–water partition coefficient (Wildman–Crippen LogP) is 2.20. The number of carboxylic acids is 1. The van der Waals surface area contributed by atoms with Crippen molar-refractivity contribution in [2.45, 2.75) is 13.3 Å². The van der Waals surface area contributed by atoms with E-state index in [4.69, 9.17) is 9.84 Å². The van der Waals surface area contributed by atoms with Gasteiger partial charge in [-0.25, -0.2) is 4.79 Å². The highest BCUT2D eigenvalue weighted by Crippen LogP contribution is 2.13. The molecular weight excluding hydrogens is 270 g/mol. The third kappa shape index (κ3) is 5.79. The fraction of sp³-hybridized carbons (Fsp3) is 0.375. The van der Waals surface area contributed by atoms with E-state index in [2.05, 4.69) is 0 Å². The fourth-order valence-corrected chi connectivity index (χ4v) is 1.97. The summed E-state index contributed by atoms with van der Waals surface area (Å²) in [7, 11) is 3.37. The molecule has 0 heterocycles. The second-order valence-electron chi connectivity index (χ2n) is 4.88. The van der Waals surface area contributed by atoms with Crippen LogP contribution in [0.5, 0.6) is 0 Å². The molecule has 5 nitrogen and oxygen atoms in total. The molecule has 1 N–H and O–H groups in total. The van der Waals surface area contributed by atoms with Crippen molar-refractivity contribution in [1.29, 1.82) is 0 Å². The molecule has 0 unspecified atom stereocenters. The Morgan fingerprint density at radius 1 is 1.33 bits per heavy atom. The number of aliphatic carboxylic acids is 1. The van der Waals surface area contributed by atoms with Crippen molar-refractivity contribution >= 4 is 18.0 Å². The Morgan fingerprint density at radius 3 is 2.67 bits per heavy atom. The molecule has 21 heavy (non-hydrogen) atoms. The lowest BCUT2D eigenvalue weighted by Crippen LogP contribution is -2.28. The van der Waals surface area contributed by atoms with Crippen molar-refractivity contribution in [3.8, 4) is 0 Å². The van der Waals surface area contributed by atoms with Gasteiger partial charge in [-0.3, -0.25) is 4.79 Å². The number of nitrogens with zero attached hydrogens (tertiary/aromatic N) is 1. The molecule has 1 rings (SSSR count). The maximum absolute atomic E-state index is 12.3. The highest BCUT2D eigenvalue weighted by Gasteiger charge is 2.12. The molecular formula is C16H21NO4. The van der Waals surface area contributed by atoms with E-state index in [-0.39, 0.29) is 5.91 Å². The van der Waals surface area contributed by atoms with Crippen LogP contribution in [0.3, 0.4) is 0 Å². The predicted molar refractivity (Wildman–Crippen MR) is 81.3 cm³/mol. The van der Waals surface area contributed by atoms with Gasteiger partial charge in [-0.2, -0.15) is 0 Å². The number of methoxy groups -OCH3 is 1. The molecule has 1 aromatic carbocycles. The summed E-state index contributed by atoms with van der Waals surface area (Å²) >= 11 is 0. The minimum absolute atomic E-state index is 0.0835. The van der Waals surface area contributed by atoms with E-state index in [9.17, 15) is 9.59 Å². The number of benzene rings is 1. The zero-order chi connectivity index (χ0) is 15.8. The van der Waals surface area contributed by atoms with Crippen molar-refractivity contribution < 1.29 is 19.4 Å². The monoisotopic (exact) mass is 291 g/mol. The standard InChI is InChI=1S/C16H21NO4/c1-12-9-13(5-6-15(18)19)11-14(10-12)16(20)17(2)7-4-8-21-3/h5-6,9-11H,4,7-8H2,1-3H3,(H,18,19)/b6-5+. The van der Waals surface area contributed by atoms with Gasteiger partial charge in [0.2, 0.25) is 0 Å². The van der Waals surface area contributed by atoms with Crippen LogP contribution in [-0.4, -0.2) is 49.2 Å². The number of carbonyl (C=O) groups excluding carboxylic acids is 1. The number of hydrogen-bond acceptors (Lipinski definition) is 3. The minimum Gasteiger partial charge on any atom is -0.478 e. The van der Waals surface area contributed by atoms with Gasteiger partial charge in [0.25, 0.3) is 5.91 Å². The van der Waals surface area contributed by atoms with Gasteiger partial charge in [0.1, 0.15) is 0 Å².